The molecule has 4 amide bonds. The van der Waals surface area contributed by atoms with Crippen LogP contribution in [-0.2, 0) is 17.8 Å². The molecular formula is C29H32ClN7O3S. The molecule has 41 heavy (non-hydrogen) atoms. The first-order valence-electron chi connectivity index (χ1n) is 13.6. The number of amides is 4. The largest absolute Gasteiger partial charge is 0.365 e. The van der Waals surface area contributed by atoms with Crippen LogP contribution in [0.5, 0.6) is 0 Å². The minimum atomic E-state index is -0.556. The van der Waals surface area contributed by atoms with Crippen molar-refractivity contribution in [3.05, 3.63) is 69.1 Å². The highest BCUT2D eigenvalue weighted by Crippen LogP contribution is 2.37. The average molecular weight is 594 g/mol. The molecule has 3 aliphatic rings. The number of allylic oxidation sites excluding steroid dienone is 2. The molecule has 5 rings (SSSR count). The molecule has 12 heteroatoms. The number of halogens is 1. The number of rotatable bonds is 10. The molecule has 2 aromatic rings. The number of carbonyl (C=O) groups excluding carboxylic acids is 3. The highest BCUT2D eigenvalue weighted by Gasteiger charge is 2.27. The summed E-state index contributed by atoms with van der Waals surface area (Å²) in [5, 5.41) is 9.56. The van der Waals surface area contributed by atoms with Gasteiger partial charge in [-0.15, -0.1) is 11.3 Å². The zero-order chi connectivity index (χ0) is 28.8. The number of hydrogen-bond donors (Lipinski definition) is 4. The summed E-state index contributed by atoms with van der Waals surface area (Å²) in [5.74, 6) is -0.524. The molecule has 1 aliphatic carbocycles. The van der Waals surface area contributed by atoms with Gasteiger partial charge in [-0.1, -0.05) is 29.8 Å². The molecule has 5 N–H and O–H groups in total. The van der Waals surface area contributed by atoms with Gasteiger partial charge in [0.2, 0.25) is 5.91 Å². The van der Waals surface area contributed by atoms with E-state index < -0.39 is 11.9 Å². The van der Waals surface area contributed by atoms with Gasteiger partial charge in [0.15, 0.2) is 0 Å². The summed E-state index contributed by atoms with van der Waals surface area (Å²) in [6.07, 6.45) is 12.2. The van der Waals surface area contributed by atoms with Crippen LogP contribution in [0.3, 0.4) is 0 Å². The van der Waals surface area contributed by atoms with Crippen LogP contribution in [0.1, 0.15) is 40.1 Å². The quantitative estimate of drug-likeness (QED) is 0.307. The Balaban J connectivity index is 1.06. The number of aliphatic imine (C=N–C) groups is 2. The third kappa shape index (κ3) is 7.49. The van der Waals surface area contributed by atoms with Gasteiger partial charge in [0.25, 0.3) is 5.91 Å². The van der Waals surface area contributed by atoms with Crippen LogP contribution in [0.25, 0.3) is 0 Å². The van der Waals surface area contributed by atoms with Crippen molar-refractivity contribution < 1.29 is 14.4 Å². The Labute approximate surface area is 247 Å². The minimum Gasteiger partial charge on any atom is -0.365 e. The molecule has 0 spiro atoms. The van der Waals surface area contributed by atoms with E-state index >= 15 is 0 Å². The summed E-state index contributed by atoms with van der Waals surface area (Å²) in [4.78, 5) is 49.4. The second-order valence-electron chi connectivity index (χ2n) is 10.1. The van der Waals surface area contributed by atoms with Crippen LogP contribution in [0.4, 0.5) is 15.5 Å². The standard InChI is InChI=1S/C29H32ClN7O3S/c30-19-4-6-20(7-5-19)35-29(40)36-28-26(27(31)39)21-10-15-37(17-24(21)41-28)14-1-11-34-25(38)9-3-18-2-8-22-23(16-18)33-13-12-32-22/h2,4-8,12-13,16,22-23H,1,3,9-11,14-15,17H2,(H2,31,39)(H,34,38)(H2,35,36,40). The first-order valence-corrected chi connectivity index (χ1v) is 14.8. The minimum absolute atomic E-state index is 0.0319. The number of carbonyl (C=O) groups is 3. The second-order valence-corrected chi connectivity index (χ2v) is 11.6. The molecule has 1 aromatic heterocycles. The fourth-order valence-corrected chi connectivity index (χ4v) is 6.51. The fraction of sp³-hybridized carbons (Fsp3) is 0.345. The van der Waals surface area contributed by atoms with E-state index in [1.54, 1.807) is 36.7 Å². The molecule has 2 atom stereocenters. The smallest absolute Gasteiger partial charge is 0.324 e. The molecule has 2 unspecified atom stereocenters. The molecule has 0 saturated carbocycles. The van der Waals surface area contributed by atoms with Crippen molar-refractivity contribution >= 4 is 63.9 Å². The highest BCUT2D eigenvalue weighted by molar-refractivity contribution is 7.17. The number of urea groups is 1. The third-order valence-corrected chi connectivity index (χ3v) is 8.53. The first kappa shape index (κ1) is 28.7. The van der Waals surface area contributed by atoms with E-state index in [0.29, 0.717) is 53.6 Å². The molecular weight excluding hydrogens is 562 g/mol. The van der Waals surface area contributed by atoms with Gasteiger partial charge < -0.3 is 16.4 Å². The zero-order valence-corrected chi connectivity index (χ0v) is 24.0. The summed E-state index contributed by atoms with van der Waals surface area (Å²) in [7, 11) is 0. The normalized spacial score (nSPS) is 19.2. The van der Waals surface area contributed by atoms with E-state index in [2.05, 4.69) is 36.9 Å². The summed E-state index contributed by atoms with van der Waals surface area (Å²) in [5.41, 5.74) is 8.67. The number of nitrogens with two attached hydrogens (primary N) is 1. The topological polar surface area (TPSA) is 141 Å². The van der Waals surface area contributed by atoms with Crippen molar-refractivity contribution in [2.24, 2.45) is 15.7 Å². The molecule has 1 aromatic carbocycles. The molecule has 2 aliphatic heterocycles. The van der Waals surface area contributed by atoms with Gasteiger partial charge in [-0.3, -0.25) is 29.8 Å². The van der Waals surface area contributed by atoms with Gasteiger partial charge in [-0.25, -0.2) is 4.79 Å². The summed E-state index contributed by atoms with van der Waals surface area (Å²) in [6.45, 7) is 2.82. The first-order chi connectivity index (χ1) is 19.9. The maximum Gasteiger partial charge on any atom is 0.324 e. The molecule has 0 radical (unpaired) electrons. The molecule has 0 bridgehead atoms. The lowest BCUT2D eigenvalue weighted by Gasteiger charge is -2.27. The third-order valence-electron chi connectivity index (χ3n) is 7.15. The van der Waals surface area contributed by atoms with Gasteiger partial charge in [-0.2, -0.15) is 0 Å². The van der Waals surface area contributed by atoms with Gasteiger partial charge in [-0.05, 0) is 54.7 Å². The van der Waals surface area contributed by atoms with E-state index in [9.17, 15) is 14.4 Å². The summed E-state index contributed by atoms with van der Waals surface area (Å²) in [6, 6.07) is 6.39. The van der Waals surface area contributed by atoms with Crippen LogP contribution in [-0.4, -0.2) is 66.9 Å². The number of benzene rings is 1. The van der Waals surface area contributed by atoms with E-state index in [0.717, 1.165) is 35.5 Å². The average Bonchev–Trinajstić information content (AvgIpc) is 3.32. The summed E-state index contributed by atoms with van der Waals surface area (Å²) < 4.78 is 0. The number of thiophene rings is 1. The SMILES string of the molecule is NC(=O)c1c(NC(=O)Nc2ccc(Cl)cc2)sc2c1CCN(CCCNC(=O)CCC1=CC3N=CC=NC3C=C1)C2. The monoisotopic (exact) mass is 593 g/mol. The zero-order valence-electron chi connectivity index (χ0n) is 22.4. The predicted octanol–water partition coefficient (Wildman–Crippen LogP) is 4.18. The summed E-state index contributed by atoms with van der Waals surface area (Å²) >= 11 is 7.28. The molecule has 214 valence electrons. The Morgan fingerprint density at radius 1 is 1.10 bits per heavy atom. The van der Waals surface area contributed by atoms with Gasteiger partial charge >= 0.3 is 6.03 Å². The number of primary amides is 1. The number of nitrogens with one attached hydrogen (secondary N) is 3. The Morgan fingerprint density at radius 3 is 2.66 bits per heavy atom. The number of nitrogens with zero attached hydrogens (tertiary/aromatic N) is 3. The van der Waals surface area contributed by atoms with Crippen molar-refractivity contribution in [1.29, 1.82) is 0 Å². The van der Waals surface area contributed by atoms with Crippen molar-refractivity contribution in [2.45, 2.75) is 44.3 Å². The maximum absolute atomic E-state index is 12.6. The van der Waals surface area contributed by atoms with Crippen LogP contribution in [0.15, 0.2) is 58.1 Å². The molecule has 3 heterocycles. The lowest BCUT2D eigenvalue weighted by atomic mass is 9.95. The van der Waals surface area contributed by atoms with Crippen molar-refractivity contribution in [3.63, 3.8) is 0 Å². The molecule has 0 fully saturated rings. The maximum atomic E-state index is 12.6. The number of anilines is 2. The van der Waals surface area contributed by atoms with Crippen LogP contribution in [0.2, 0.25) is 5.02 Å². The van der Waals surface area contributed by atoms with Gasteiger partial charge in [0.1, 0.15) is 5.00 Å². The van der Waals surface area contributed by atoms with Crippen molar-refractivity contribution in [3.8, 4) is 0 Å². The van der Waals surface area contributed by atoms with Gasteiger partial charge in [0.05, 0.1) is 17.6 Å². The highest BCUT2D eigenvalue weighted by atomic mass is 35.5. The molecule has 10 nitrogen and oxygen atoms in total. The second kappa shape index (κ2) is 13.2. The van der Waals surface area contributed by atoms with Crippen molar-refractivity contribution in [2.75, 3.05) is 30.3 Å². The van der Waals surface area contributed by atoms with E-state index in [4.69, 9.17) is 17.3 Å². The van der Waals surface area contributed by atoms with E-state index in [-0.39, 0.29) is 18.0 Å². The van der Waals surface area contributed by atoms with E-state index in [1.165, 1.54) is 11.3 Å². The lowest BCUT2D eigenvalue weighted by Crippen LogP contribution is -2.33. The van der Waals surface area contributed by atoms with Crippen LogP contribution >= 0.6 is 22.9 Å². The van der Waals surface area contributed by atoms with Gasteiger partial charge in [0, 0.05) is 60.6 Å². The Kier molecular flexibility index (Phi) is 9.28. The predicted molar refractivity (Wildman–Crippen MR) is 165 cm³/mol. The fourth-order valence-electron chi connectivity index (χ4n) is 5.09. The van der Waals surface area contributed by atoms with Crippen molar-refractivity contribution in [1.82, 2.24) is 10.2 Å². The van der Waals surface area contributed by atoms with Crippen LogP contribution < -0.4 is 21.7 Å². The van der Waals surface area contributed by atoms with E-state index in [1.807, 2.05) is 12.2 Å². The lowest BCUT2D eigenvalue weighted by molar-refractivity contribution is -0.121. The number of fused-ring (bicyclic) bond motifs is 2. The Morgan fingerprint density at radius 2 is 1.88 bits per heavy atom. The molecule has 0 saturated heterocycles. The Hall–Kier alpha value is -3.80. The van der Waals surface area contributed by atoms with Crippen LogP contribution in [0, 0.1) is 0 Å². The number of hydrogen-bond acceptors (Lipinski definition) is 7. The Bertz CT molecular complexity index is 1430.